The highest BCUT2D eigenvalue weighted by Crippen LogP contribution is 2.41. The molecular formula is C45H70FN7O9S. The number of ether oxygens (including phenoxy) is 5. The van der Waals surface area contributed by atoms with Gasteiger partial charge in [-0.1, -0.05) is 45.0 Å². The molecule has 2 fully saturated rings. The molecule has 2 aliphatic heterocycles. The zero-order valence-corrected chi connectivity index (χ0v) is 39.9. The predicted octanol–water partition coefficient (Wildman–Crippen LogP) is 6.04. The van der Waals surface area contributed by atoms with Crippen molar-refractivity contribution in [3.8, 4) is 10.7 Å². The van der Waals surface area contributed by atoms with E-state index in [0.29, 0.717) is 51.0 Å². The number of Topliss-reactive ketones (excluding diaryl/α,β-unsaturated/α-hetero) is 1. The van der Waals surface area contributed by atoms with Gasteiger partial charge in [-0.3, -0.25) is 14.4 Å². The summed E-state index contributed by atoms with van der Waals surface area (Å²) in [6.07, 6.45) is -1.06. The molecule has 3 aromatic rings. The first-order chi connectivity index (χ1) is 29.8. The molecule has 2 aliphatic rings. The number of aliphatic hydroxyl groups is 1. The van der Waals surface area contributed by atoms with E-state index < -0.39 is 77.3 Å². The van der Waals surface area contributed by atoms with Gasteiger partial charge in [-0.05, 0) is 105 Å². The molecule has 2 saturated heterocycles. The normalized spacial score (nSPS) is 31.6. The van der Waals surface area contributed by atoms with Gasteiger partial charge in [0.15, 0.2) is 17.7 Å². The molecule has 5 rings (SSSR count). The molecule has 12 atom stereocenters. The fourth-order valence-electron chi connectivity index (χ4n) is 9.53. The summed E-state index contributed by atoms with van der Waals surface area (Å²) in [5, 5.41) is 24.7. The Morgan fingerprint density at radius 2 is 1.78 bits per heavy atom. The number of carbonyl (C=O) groups is 3. The zero-order valence-electron chi connectivity index (χ0n) is 39.1. The number of halogens is 1. The minimum absolute atomic E-state index is 0.124. The number of amides is 1. The van der Waals surface area contributed by atoms with Crippen molar-refractivity contribution >= 4 is 39.4 Å². The number of carbonyl (C=O) groups excluding carboxylic acids is 3. The summed E-state index contributed by atoms with van der Waals surface area (Å²) in [6.45, 7) is 16.8. The first-order valence-corrected chi connectivity index (χ1v) is 23.2. The number of aryl methyl sites for hydroxylation is 1. The first kappa shape index (κ1) is 50.4. The summed E-state index contributed by atoms with van der Waals surface area (Å²) in [6, 6.07) is 6.49. The number of methoxy groups -OCH3 is 1. The molecule has 2 aromatic heterocycles. The number of aliphatic hydroxyl groups excluding tert-OH is 1. The average Bonchev–Trinajstić information content (AvgIpc) is 3.96. The van der Waals surface area contributed by atoms with Gasteiger partial charge in [0, 0.05) is 44.8 Å². The zero-order chi connectivity index (χ0) is 46.4. The Morgan fingerprint density at radius 1 is 1.08 bits per heavy atom. The number of para-hydroxylation sites is 1. The molecule has 63 heavy (non-hydrogen) atoms. The molecule has 352 valence electrons. The van der Waals surface area contributed by atoms with Gasteiger partial charge in [0.1, 0.15) is 22.9 Å². The highest BCUT2D eigenvalue weighted by atomic mass is 32.1. The second kappa shape index (κ2) is 21.1. The van der Waals surface area contributed by atoms with Crippen LogP contribution in [-0.4, -0.2) is 153 Å². The minimum Gasteiger partial charge on any atom is -0.455 e. The topological polar surface area (TPSA) is 180 Å². The Labute approximate surface area is 375 Å². The molecule has 1 aromatic carbocycles. The predicted molar refractivity (Wildman–Crippen MR) is 238 cm³/mol. The third kappa shape index (κ3) is 10.9. The van der Waals surface area contributed by atoms with E-state index in [1.165, 1.54) is 14.0 Å². The molecule has 0 aliphatic carbocycles. The van der Waals surface area contributed by atoms with Crippen molar-refractivity contribution in [2.24, 2.45) is 11.8 Å². The fourth-order valence-corrected chi connectivity index (χ4v) is 10.4. The molecule has 0 saturated carbocycles. The summed E-state index contributed by atoms with van der Waals surface area (Å²) in [5.41, 5.74) is -4.21. The maximum Gasteiger partial charge on any atom is 0.410 e. The lowest BCUT2D eigenvalue weighted by Crippen LogP contribution is -2.61. The van der Waals surface area contributed by atoms with Crippen LogP contribution in [0.15, 0.2) is 30.5 Å². The van der Waals surface area contributed by atoms with Gasteiger partial charge < -0.3 is 39.0 Å². The number of esters is 1. The Morgan fingerprint density at radius 3 is 2.41 bits per heavy atom. The highest BCUT2D eigenvalue weighted by molar-refractivity contribution is 7.21. The maximum atomic E-state index is 17.0. The Balaban J connectivity index is 1.40. The number of likely N-dealkylation sites (N-methyl/N-ethyl adjacent to an activating group) is 1. The van der Waals surface area contributed by atoms with Gasteiger partial charge in [-0.25, -0.2) is 19.0 Å². The lowest BCUT2D eigenvalue weighted by atomic mass is 9.78. The second-order valence-corrected chi connectivity index (χ2v) is 19.1. The number of nitrogens with zero attached hydrogens (tertiary/aromatic N) is 6. The van der Waals surface area contributed by atoms with Gasteiger partial charge >= 0.3 is 12.1 Å². The SMILES string of the molecule is CCO[C@@H](O[C@@H]1[C@@H](C)C(=O)C(C)(F)C(=O)O[C@H](CC)[C@@]2(C)OC(=O)N(CCCCn3cc(-c4nc5ccccc5s4)nn3)[C@@H]2[C@@H](C)NC[C@H](C)C[C@@]1(C)OC)C(O)C(CC)N(C)C. The van der Waals surface area contributed by atoms with Crippen LogP contribution in [0.25, 0.3) is 20.9 Å². The number of aromatic nitrogens is 4. The molecule has 0 radical (unpaired) electrons. The summed E-state index contributed by atoms with van der Waals surface area (Å²) in [4.78, 5) is 50.5. The number of ketones is 1. The van der Waals surface area contributed by atoms with Gasteiger partial charge in [-0.2, -0.15) is 0 Å². The van der Waals surface area contributed by atoms with E-state index in [-0.39, 0.29) is 25.0 Å². The van der Waals surface area contributed by atoms with Gasteiger partial charge in [0.05, 0.1) is 34.2 Å². The number of fused-ring (bicyclic) bond motifs is 2. The smallest absolute Gasteiger partial charge is 0.410 e. The van der Waals surface area contributed by atoms with Crippen LogP contribution < -0.4 is 5.32 Å². The van der Waals surface area contributed by atoms with E-state index in [0.717, 1.165) is 22.1 Å². The molecular weight excluding hydrogens is 834 g/mol. The van der Waals surface area contributed by atoms with Crippen LogP contribution in [0, 0.1) is 11.8 Å². The standard InChI is InChI=1S/C45H70FN7O9S/c1-13-32(51(10)11)35(54)40(59-15-3)61-38-28(5)37(55)44(8,46)41(56)60-34(14-2)45(9)36(29(6)47-25-27(4)24-43(38,7)58-12)53(42(57)62-45)23-19-18-22-52-26-31(49-50-52)39-48-30-20-16-17-21-33(30)63-39/h16-17,20-21,26-29,32,34-36,38,40,47,54H,13-15,18-19,22-25H2,1-12H3/t27-,28+,29-,32?,34-,35?,36-,38-,40+,43-,44?,45-/m1/s1. The van der Waals surface area contributed by atoms with Gasteiger partial charge in [-0.15, -0.1) is 16.4 Å². The Hall–Kier alpha value is -3.65. The summed E-state index contributed by atoms with van der Waals surface area (Å²) in [7, 11) is 5.17. The van der Waals surface area contributed by atoms with E-state index in [1.807, 2.05) is 70.2 Å². The monoisotopic (exact) mass is 903 g/mol. The van der Waals surface area contributed by atoms with E-state index in [9.17, 15) is 19.5 Å². The number of cyclic esters (lactones) is 1. The van der Waals surface area contributed by atoms with Gasteiger partial charge in [0.25, 0.3) is 5.67 Å². The molecule has 0 spiro atoms. The van der Waals surface area contributed by atoms with Crippen LogP contribution >= 0.6 is 11.3 Å². The number of benzene rings is 1. The second-order valence-electron chi connectivity index (χ2n) is 18.0. The molecule has 16 nitrogen and oxygen atoms in total. The molecule has 18 heteroatoms. The van der Waals surface area contributed by atoms with Crippen molar-refractivity contribution in [2.45, 2.75) is 161 Å². The van der Waals surface area contributed by atoms with Crippen LogP contribution in [0.2, 0.25) is 0 Å². The molecule has 1 amide bonds. The number of thiazole rings is 1. The van der Waals surface area contributed by atoms with E-state index in [4.69, 9.17) is 23.7 Å². The van der Waals surface area contributed by atoms with E-state index in [1.54, 1.807) is 48.6 Å². The third-order valence-electron chi connectivity index (χ3n) is 13.0. The number of rotatable bonds is 16. The number of alkyl halides is 1. The van der Waals surface area contributed by atoms with Crippen LogP contribution in [0.3, 0.4) is 0 Å². The Bertz CT molecular complexity index is 1970. The highest BCUT2D eigenvalue weighted by Gasteiger charge is 2.60. The fraction of sp³-hybridized carbons (Fsp3) is 0.733. The van der Waals surface area contributed by atoms with Crippen LogP contribution in [-0.2, 0) is 39.8 Å². The summed E-state index contributed by atoms with van der Waals surface area (Å²) in [5.74, 6) is -3.89. The number of hydrogen-bond acceptors (Lipinski definition) is 15. The average molecular weight is 904 g/mol. The molecule has 3 unspecified atom stereocenters. The maximum absolute atomic E-state index is 17.0. The summed E-state index contributed by atoms with van der Waals surface area (Å²) >= 11 is 1.56. The van der Waals surface area contributed by atoms with Crippen molar-refractivity contribution in [3.05, 3.63) is 30.5 Å². The number of nitrogens with one attached hydrogen (secondary N) is 1. The molecule has 0 bridgehead atoms. The van der Waals surface area contributed by atoms with Crippen molar-refractivity contribution in [2.75, 3.05) is 40.9 Å². The number of unbranched alkanes of at least 4 members (excludes halogenated alkanes) is 1. The van der Waals surface area contributed by atoms with Crippen LogP contribution in [0.5, 0.6) is 0 Å². The third-order valence-corrected chi connectivity index (χ3v) is 14.0. The van der Waals surface area contributed by atoms with Crippen LogP contribution in [0.4, 0.5) is 9.18 Å². The van der Waals surface area contributed by atoms with Crippen molar-refractivity contribution in [1.29, 1.82) is 0 Å². The Kier molecular flexibility index (Phi) is 16.9. The van der Waals surface area contributed by atoms with Crippen molar-refractivity contribution < 1.29 is 47.6 Å². The molecule has 2 N–H and O–H groups in total. The minimum atomic E-state index is -3.14. The lowest BCUT2D eigenvalue weighted by Gasteiger charge is -2.44. The number of hydrogen-bond donors (Lipinski definition) is 2. The quantitative estimate of drug-likeness (QED) is 0.0735. The molecule has 4 heterocycles. The largest absolute Gasteiger partial charge is 0.455 e. The lowest BCUT2D eigenvalue weighted by molar-refractivity contribution is -0.266. The van der Waals surface area contributed by atoms with Crippen molar-refractivity contribution in [1.82, 2.24) is 35.1 Å². The van der Waals surface area contributed by atoms with Crippen LogP contribution in [0.1, 0.15) is 94.4 Å². The first-order valence-electron chi connectivity index (χ1n) is 22.4. The van der Waals surface area contributed by atoms with Crippen molar-refractivity contribution in [3.63, 3.8) is 0 Å². The van der Waals surface area contributed by atoms with E-state index in [2.05, 4.69) is 20.6 Å². The summed E-state index contributed by atoms with van der Waals surface area (Å²) < 4.78 is 50.7. The van der Waals surface area contributed by atoms with Gasteiger partial charge in [0.2, 0.25) is 0 Å². The van der Waals surface area contributed by atoms with E-state index >= 15 is 4.39 Å².